The predicted molar refractivity (Wildman–Crippen MR) is 57.1 cm³/mol. The number of hydrogen-bond acceptors (Lipinski definition) is 7. The van der Waals surface area contributed by atoms with Crippen molar-refractivity contribution in [3.63, 3.8) is 0 Å². The molecule has 19 heavy (non-hydrogen) atoms. The molecule has 0 aromatic rings. The van der Waals surface area contributed by atoms with E-state index in [2.05, 4.69) is 6.58 Å². The number of rotatable bonds is 6. The molecule has 0 fully saturated rings. The maximum absolute atomic E-state index is 10.1. The van der Waals surface area contributed by atoms with Gasteiger partial charge < -0.3 is 35.7 Å². The van der Waals surface area contributed by atoms with Gasteiger partial charge in [-0.2, -0.15) is 0 Å². The topological polar surface area (TPSA) is 193 Å². The Labute approximate surface area is 106 Å². The molecule has 10 heteroatoms. The molecule has 4 atom stereocenters. The third kappa shape index (κ3) is 7.83. The molecule has 0 aliphatic carbocycles. The van der Waals surface area contributed by atoms with E-state index in [0.29, 0.717) is 0 Å². The fraction of sp³-hybridized carbons (Fsp3) is 0.444. The summed E-state index contributed by atoms with van der Waals surface area (Å²) in [6.45, 7) is 2.96. The van der Waals surface area contributed by atoms with Crippen LogP contribution >= 0.6 is 0 Å². The van der Waals surface area contributed by atoms with Crippen LogP contribution in [-0.4, -0.2) is 78.1 Å². The molecule has 0 saturated carbocycles. The van der Waals surface area contributed by atoms with Crippen LogP contribution in [0.25, 0.3) is 0 Å². The lowest BCUT2D eigenvalue weighted by Crippen LogP contribution is -2.49. The number of aliphatic hydroxyl groups is 4. The molecule has 7 N–H and O–H groups in total. The molecular weight excluding hydrogens is 268 g/mol. The zero-order chi connectivity index (χ0) is 15.7. The third-order valence-corrected chi connectivity index (χ3v) is 1.68. The Morgan fingerprint density at radius 1 is 0.789 bits per heavy atom. The van der Waals surface area contributed by atoms with E-state index < -0.39 is 42.3 Å². The quantitative estimate of drug-likeness (QED) is 0.245. The predicted octanol–water partition coefficient (Wildman–Crippen LogP) is -3.14. The highest BCUT2D eigenvalue weighted by molar-refractivity contribution is 5.78. The van der Waals surface area contributed by atoms with Crippen LogP contribution < -0.4 is 0 Å². The molecule has 0 aliphatic rings. The fourth-order valence-corrected chi connectivity index (χ4v) is 0.666. The average molecular weight is 282 g/mol. The summed E-state index contributed by atoms with van der Waals surface area (Å²) in [6.07, 6.45) is -8.45. The van der Waals surface area contributed by atoms with E-state index in [1.807, 2.05) is 0 Å². The highest BCUT2D eigenvalue weighted by Gasteiger charge is 2.37. The first-order chi connectivity index (χ1) is 8.56. The summed E-state index contributed by atoms with van der Waals surface area (Å²) < 4.78 is 0. The van der Waals surface area contributed by atoms with Gasteiger partial charge in [0, 0.05) is 6.08 Å². The normalized spacial score (nSPS) is 16.0. The van der Waals surface area contributed by atoms with Gasteiger partial charge in [0.1, 0.15) is 12.2 Å². The minimum Gasteiger partial charge on any atom is -0.479 e. The summed E-state index contributed by atoms with van der Waals surface area (Å²) in [5, 5.41) is 59.1. The first kappa shape index (κ1) is 19.3. The third-order valence-electron chi connectivity index (χ3n) is 1.68. The van der Waals surface area contributed by atoms with Gasteiger partial charge in [-0.3, -0.25) is 0 Å². The number of aliphatic carboxylic acids is 3. The summed E-state index contributed by atoms with van der Waals surface area (Å²) in [4.78, 5) is 29.4. The molecule has 0 unspecified atom stereocenters. The highest BCUT2D eigenvalue weighted by Crippen LogP contribution is 2.05. The van der Waals surface area contributed by atoms with Crippen molar-refractivity contribution in [1.29, 1.82) is 0 Å². The highest BCUT2D eigenvalue weighted by atomic mass is 16.4. The van der Waals surface area contributed by atoms with E-state index in [0.717, 1.165) is 6.08 Å². The van der Waals surface area contributed by atoms with E-state index in [-0.39, 0.29) is 0 Å². The number of carboxylic acid groups (broad SMARTS) is 3. The second kappa shape index (κ2) is 8.99. The Morgan fingerprint density at radius 2 is 1.00 bits per heavy atom. The van der Waals surface area contributed by atoms with Crippen molar-refractivity contribution in [3.8, 4) is 0 Å². The van der Waals surface area contributed by atoms with Crippen LogP contribution in [0.4, 0.5) is 0 Å². The van der Waals surface area contributed by atoms with Gasteiger partial charge in [-0.05, 0) is 0 Å². The van der Waals surface area contributed by atoms with Gasteiger partial charge in [0.2, 0.25) is 0 Å². The van der Waals surface area contributed by atoms with Gasteiger partial charge in [-0.25, -0.2) is 14.4 Å². The van der Waals surface area contributed by atoms with Crippen LogP contribution in [0.3, 0.4) is 0 Å². The van der Waals surface area contributed by atoms with Crippen molar-refractivity contribution < 1.29 is 50.1 Å². The van der Waals surface area contributed by atoms with E-state index >= 15 is 0 Å². The lowest BCUT2D eigenvalue weighted by Gasteiger charge is -2.21. The Kier molecular flexibility index (Phi) is 9.15. The lowest BCUT2D eigenvalue weighted by molar-refractivity contribution is -0.172. The van der Waals surface area contributed by atoms with E-state index in [9.17, 15) is 14.4 Å². The minimum atomic E-state index is -2.36. The van der Waals surface area contributed by atoms with Crippen LogP contribution in [0.1, 0.15) is 0 Å². The zero-order valence-electron chi connectivity index (χ0n) is 9.45. The van der Waals surface area contributed by atoms with Crippen molar-refractivity contribution in [2.75, 3.05) is 0 Å². The SMILES string of the molecule is C=CC(=O)O.O=C(O)[C@@H](O)[C@@H](O)[C@H](O)[C@@H](O)C(=O)O. The van der Waals surface area contributed by atoms with Gasteiger partial charge in [-0.1, -0.05) is 6.58 Å². The first-order valence-corrected chi connectivity index (χ1v) is 4.59. The van der Waals surface area contributed by atoms with Gasteiger partial charge in [0.15, 0.2) is 12.2 Å². The molecule has 0 saturated heterocycles. The van der Waals surface area contributed by atoms with Gasteiger partial charge >= 0.3 is 17.9 Å². The number of carbonyl (C=O) groups is 3. The summed E-state index contributed by atoms with van der Waals surface area (Å²) in [7, 11) is 0. The number of hydrogen-bond donors (Lipinski definition) is 7. The largest absolute Gasteiger partial charge is 0.479 e. The fourth-order valence-electron chi connectivity index (χ4n) is 0.666. The molecule has 0 rings (SSSR count). The summed E-state index contributed by atoms with van der Waals surface area (Å²) in [5.74, 6) is -4.66. The molecule has 10 nitrogen and oxygen atoms in total. The van der Waals surface area contributed by atoms with Crippen LogP contribution in [0, 0.1) is 0 Å². The Balaban J connectivity index is 0. The standard InChI is InChI=1S/C6H10O8.C3H4O2/c7-1(3(9)5(11)12)2(8)4(10)6(13)14;1-2-3(4)5/h1-4,7-10H,(H,11,12)(H,13,14);2H,1H2,(H,4,5)/t1-,2-,3-,4+;/m0./s1. The maximum Gasteiger partial charge on any atom is 0.335 e. The molecule has 110 valence electrons. The van der Waals surface area contributed by atoms with E-state index in [4.69, 9.17) is 35.7 Å². The summed E-state index contributed by atoms with van der Waals surface area (Å²) in [6, 6.07) is 0. The van der Waals surface area contributed by atoms with Gasteiger partial charge in [0.05, 0.1) is 0 Å². The second-order valence-electron chi connectivity index (χ2n) is 3.09. The average Bonchev–Trinajstić information content (AvgIpc) is 2.35. The van der Waals surface area contributed by atoms with E-state index in [1.165, 1.54) is 0 Å². The second-order valence-corrected chi connectivity index (χ2v) is 3.09. The molecular formula is C9H14O10. The van der Waals surface area contributed by atoms with Gasteiger partial charge in [-0.15, -0.1) is 0 Å². The zero-order valence-corrected chi connectivity index (χ0v) is 9.45. The Morgan fingerprint density at radius 3 is 1.11 bits per heavy atom. The van der Waals surface area contributed by atoms with Crippen LogP contribution in [0.2, 0.25) is 0 Å². The van der Waals surface area contributed by atoms with Crippen LogP contribution in [0.5, 0.6) is 0 Å². The van der Waals surface area contributed by atoms with E-state index in [1.54, 1.807) is 0 Å². The monoisotopic (exact) mass is 282 g/mol. The van der Waals surface area contributed by atoms with Gasteiger partial charge in [0.25, 0.3) is 0 Å². The lowest BCUT2D eigenvalue weighted by atomic mass is 10.0. The molecule has 0 aromatic carbocycles. The minimum absolute atomic E-state index is 0.833. The molecule has 0 radical (unpaired) electrons. The van der Waals surface area contributed by atoms with Crippen molar-refractivity contribution in [2.45, 2.75) is 24.4 Å². The van der Waals surface area contributed by atoms with Crippen LogP contribution in [-0.2, 0) is 14.4 Å². The molecule has 0 amide bonds. The molecule has 0 heterocycles. The number of carboxylic acids is 3. The summed E-state index contributed by atoms with van der Waals surface area (Å²) >= 11 is 0. The molecule has 0 spiro atoms. The van der Waals surface area contributed by atoms with Crippen molar-refractivity contribution in [3.05, 3.63) is 12.7 Å². The molecule has 0 aliphatic heterocycles. The Bertz CT molecular complexity index is 314. The molecule has 0 bridgehead atoms. The van der Waals surface area contributed by atoms with Crippen molar-refractivity contribution in [1.82, 2.24) is 0 Å². The van der Waals surface area contributed by atoms with Crippen molar-refractivity contribution >= 4 is 17.9 Å². The van der Waals surface area contributed by atoms with Crippen LogP contribution in [0.15, 0.2) is 12.7 Å². The summed E-state index contributed by atoms with van der Waals surface area (Å²) in [5.41, 5.74) is 0. The maximum atomic E-state index is 10.1. The van der Waals surface area contributed by atoms with Crippen molar-refractivity contribution in [2.24, 2.45) is 0 Å². The number of aliphatic hydroxyl groups excluding tert-OH is 4. The Hall–Kier alpha value is -2.01. The first-order valence-electron chi connectivity index (χ1n) is 4.59. The molecule has 0 aromatic heterocycles. The smallest absolute Gasteiger partial charge is 0.335 e.